The number of phenolic OH excluding ortho intramolecular Hbond substituents is 1. The summed E-state index contributed by atoms with van der Waals surface area (Å²) >= 11 is 0. The number of fused-ring (bicyclic) bond motifs is 2. The van der Waals surface area contributed by atoms with Crippen LogP contribution in [0.4, 0.5) is 5.69 Å². The number of hydrogen-bond acceptors (Lipinski definition) is 6. The van der Waals surface area contributed by atoms with E-state index in [0.29, 0.717) is 0 Å². The number of hydrogen-bond donors (Lipinski definition) is 1. The maximum absolute atomic E-state index is 12.4. The molecule has 8 heteroatoms. The molecule has 0 saturated heterocycles. The molecule has 0 saturated carbocycles. The number of nitrogens with zero attached hydrogens (tertiary/aromatic N) is 1. The maximum atomic E-state index is 12.4. The summed E-state index contributed by atoms with van der Waals surface area (Å²) in [7, 11) is -3.97. The predicted molar refractivity (Wildman–Crippen MR) is 66.7 cm³/mol. The molecule has 0 aromatic heterocycles. The minimum Gasteiger partial charge on any atom is -0.508 e. The lowest BCUT2D eigenvalue weighted by molar-refractivity contribution is -0.385. The average Bonchev–Trinajstić information content (AvgIpc) is 2.39. The van der Waals surface area contributed by atoms with E-state index in [0.717, 1.165) is 12.1 Å². The van der Waals surface area contributed by atoms with Crippen molar-refractivity contribution >= 4 is 15.5 Å². The molecule has 0 atom stereocenters. The molecule has 3 rings (SSSR count). The molecule has 0 bridgehead atoms. The van der Waals surface area contributed by atoms with Gasteiger partial charge in [-0.2, -0.15) is 0 Å². The zero-order chi connectivity index (χ0) is 14.5. The van der Waals surface area contributed by atoms with Gasteiger partial charge < -0.3 is 9.84 Å². The van der Waals surface area contributed by atoms with Gasteiger partial charge in [0.15, 0.2) is 0 Å². The third-order valence-corrected chi connectivity index (χ3v) is 4.66. The van der Waals surface area contributed by atoms with Gasteiger partial charge in [-0.3, -0.25) is 10.1 Å². The Labute approximate surface area is 113 Å². The lowest BCUT2D eigenvalue weighted by Gasteiger charge is -2.19. The van der Waals surface area contributed by atoms with Crippen molar-refractivity contribution in [2.24, 2.45) is 0 Å². The Morgan fingerprint density at radius 3 is 2.30 bits per heavy atom. The number of nitro groups is 1. The second kappa shape index (κ2) is 3.94. The molecule has 20 heavy (non-hydrogen) atoms. The normalized spacial score (nSPS) is 14.8. The lowest BCUT2D eigenvalue weighted by Crippen LogP contribution is -2.11. The first-order chi connectivity index (χ1) is 9.39. The number of aromatic hydroxyl groups is 1. The highest BCUT2D eigenvalue weighted by Gasteiger charge is 2.33. The SMILES string of the molecule is O=[N+]([O-])c1ccc2c(c1)S(=O)(=O)c1cc(O)ccc1O2. The minimum atomic E-state index is -3.97. The van der Waals surface area contributed by atoms with Crippen LogP contribution in [0.3, 0.4) is 0 Å². The predicted octanol–water partition coefficient (Wildman–Crippen LogP) is 2.24. The maximum Gasteiger partial charge on any atom is 0.271 e. The van der Waals surface area contributed by atoms with Gasteiger partial charge in [0.2, 0.25) is 9.84 Å². The number of non-ortho nitro benzene ring substituents is 1. The third kappa shape index (κ3) is 1.69. The fourth-order valence-electron chi connectivity index (χ4n) is 1.93. The van der Waals surface area contributed by atoms with Crippen LogP contribution >= 0.6 is 0 Å². The van der Waals surface area contributed by atoms with Crippen LogP contribution in [0.25, 0.3) is 0 Å². The first kappa shape index (κ1) is 12.4. The Morgan fingerprint density at radius 1 is 1.05 bits per heavy atom. The second-order valence-corrected chi connectivity index (χ2v) is 6.01. The van der Waals surface area contributed by atoms with E-state index in [1.807, 2.05) is 0 Å². The Bertz CT molecular complexity index is 843. The number of phenols is 1. The summed E-state index contributed by atoms with van der Waals surface area (Å²) in [6.07, 6.45) is 0. The molecule has 0 unspecified atom stereocenters. The molecular formula is C12H7NO6S. The Balaban J connectivity index is 2.29. The molecule has 7 nitrogen and oxygen atoms in total. The van der Waals surface area contributed by atoms with Crippen molar-refractivity contribution in [3.63, 3.8) is 0 Å². The molecule has 0 radical (unpaired) electrons. The zero-order valence-electron chi connectivity index (χ0n) is 9.81. The first-order valence-electron chi connectivity index (χ1n) is 5.44. The van der Waals surface area contributed by atoms with Crippen molar-refractivity contribution in [2.75, 3.05) is 0 Å². The van der Waals surface area contributed by atoms with E-state index in [4.69, 9.17) is 4.74 Å². The quantitative estimate of drug-likeness (QED) is 0.544. The summed E-state index contributed by atoms with van der Waals surface area (Å²) in [6.45, 7) is 0. The molecule has 0 spiro atoms. The minimum absolute atomic E-state index is 0.0220. The molecule has 0 fully saturated rings. The van der Waals surface area contributed by atoms with Crippen molar-refractivity contribution < 1.29 is 23.2 Å². The topological polar surface area (TPSA) is 107 Å². The summed E-state index contributed by atoms with van der Waals surface area (Å²) in [5.74, 6) is -0.136. The molecule has 0 aliphatic carbocycles. The van der Waals surface area contributed by atoms with E-state index >= 15 is 0 Å². The summed E-state index contributed by atoms with van der Waals surface area (Å²) in [4.78, 5) is 9.54. The molecule has 0 amide bonds. The largest absolute Gasteiger partial charge is 0.508 e. The Morgan fingerprint density at radius 2 is 1.65 bits per heavy atom. The van der Waals surface area contributed by atoms with Gasteiger partial charge in [-0.25, -0.2) is 8.42 Å². The molecule has 1 heterocycles. The van der Waals surface area contributed by atoms with Gasteiger partial charge in [0, 0.05) is 18.2 Å². The van der Waals surface area contributed by atoms with E-state index in [-0.39, 0.29) is 32.7 Å². The van der Waals surface area contributed by atoms with Gasteiger partial charge in [-0.15, -0.1) is 0 Å². The number of ether oxygens (including phenoxy) is 1. The number of rotatable bonds is 1. The smallest absolute Gasteiger partial charge is 0.271 e. The Hall–Kier alpha value is -2.61. The van der Waals surface area contributed by atoms with Crippen molar-refractivity contribution in [1.82, 2.24) is 0 Å². The van der Waals surface area contributed by atoms with Gasteiger partial charge in [-0.1, -0.05) is 0 Å². The first-order valence-corrected chi connectivity index (χ1v) is 6.92. The van der Waals surface area contributed by atoms with Gasteiger partial charge in [-0.05, 0) is 18.2 Å². The van der Waals surface area contributed by atoms with Crippen LogP contribution in [0.15, 0.2) is 46.2 Å². The van der Waals surface area contributed by atoms with Crippen molar-refractivity contribution in [1.29, 1.82) is 0 Å². The molecule has 1 N–H and O–H groups in total. The fraction of sp³-hybridized carbons (Fsp3) is 0. The highest BCUT2D eigenvalue weighted by atomic mass is 32.2. The highest BCUT2D eigenvalue weighted by molar-refractivity contribution is 7.91. The standard InChI is InChI=1S/C12H7NO6S/c14-8-2-4-10-12(6-8)20(17,18)11-5-7(13(15)16)1-3-9(11)19-10/h1-6,14H. The van der Waals surface area contributed by atoms with Crippen LogP contribution in [-0.4, -0.2) is 18.4 Å². The molecule has 1 aliphatic rings. The summed E-state index contributed by atoms with van der Waals surface area (Å²) < 4.78 is 30.2. The number of benzene rings is 2. The van der Waals surface area contributed by atoms with E-state index in [9.17, 15) is 23.6 Å². The van der Waals surface area contributed by atoms with Crippen LogP contribution in [0, 0.1) is 10.1 Å². The van der Waals surface area contributed by atoms with E-state index < -0.39 is 14.8 Å². The van der Waals surface area contributed by atoms with Crippen molar-refractivity contribution in [2.45, 2.75) is 9.79 Å². The molecule has 2 aromatic rings. The zero-order valence-corrected chi connectivity index (χ0v) is 10.6. The van der Waals surface area contributed by atoms with E-state index in [1.54, 1.807) is 0 Å². The third-order valence-electron chi connectivity index (χ3n) is 2.86. The van der Waals surface area contributed by atoms with Gasteiger partial charge in [0.25, 0.3) is 5.69 Å². The van der Waals surface area contributed by atoms with Crippen LogP contribution in [0.1, 0.15) is 0 Å². The highest BCUT2D eigenvalue weighted by Crippen LogP contribution is 2.44. The van der Waals surface area contributed by atoms with Crippen molar-refractivity contribution in [3.05, 3.63) is 46.5 Å². The van der Waals surface area contributed by atoms with Crippen LogP contribution in [0.2, 0.25) is 0 Å². The molecular weight excluding hydrogens is 286 g/mol. The second-order valence-electron chi connectivity index (χ2n) is 4.12. The van der Waals surface area contributed by atoms with Gasteiger partial charge in [0.05, 0.1) is 4.92 Å². The summed E-state index contributed by atoms with van der Waals surface area (Å²) in [5.41, 5.74) is -0.348. The number of sulfone groups is 1. The van der Waals surface area contributed by atoms with Crippen LogP contribution < -0.4 is 4.74 Å². The van der Waals surface area contributed by atoms with E-state index in [2.05, 4.69) is 0 Å². The van der Waals surface area contributed by atoms with Crippen molar-refractivity contribution in [3.8, 4) is 17.2 Å². The lowest BCUT2D eigenvalue weighted by atomic mass is 10.3. The summed E-state index contributed by atoms with van der Waals surface area (Å²) in [5, 5.41) is 20.1. The molecule has 2 aromatic carbocycles. The molecule has 1 aliphatic heterocycles. The van der Waals surface area contributed by atoms with Gasteiger partial charge in [0.1, 0.15) is 27.0 Å². The fourth-order valence-corrected chi connectivity index (χ4v) is 3.47. The summed E-state index contributed by atoms with van der Waals surface area (Å²) in [6, 6.07) is 7.02. The van der Waals surface area contributed by atoms with Crippen LogP contribution in [0.5, 0.6) is 17.2 Å². The van der Waals surface area contributed by atoms with Gasteiger partial charge >= 0.3 is 0 Å². The number of nitro benzene ring substituents is 1. The van der Waals surface area contributed by atoms with Crippen LogP contribution in [-0.2, 0) is 9.84 Å². The Kier molecular flexibility index (Phi) is 2.45. The molecule has 102 valence electrons. The van der Waals surface area contributed by atoms with E-state index in [1.165, 1.54) is 24.3 Å². The average molecular weight is 293 g/mol. The monoisotopic (exact) mass is 293 g/mol.